The summed E-state index contributed by atoms with van der Waals surface area (Å²) in [5.74, 6) is -0.360. The van der Waals surface area contributed by atoms with E-state index in [9.17, 15) is 9.18 Å². The number of Topliss-reactive ketones (excluding diaryl/α,β-unsaturated/α-hetero) is 1. The van der Waals surface area contributed by atoms with Gasteiger partial charge in [0, 0.05) is 0 Å². The van der Waals surface area contributed by atoms with Gasteiger partial charge in [-0.25, -0.2) is 4.39 Å². The van der Waals surface area contributed by atoms with Gasteiger partial charge in [-0.1, -0.05) is 0 Å². The summed E-state index contributed by atoms with van der Waals surface area (Å²) < 4.78 is 15.0. The minimum absolute atomic E-state index is 0.0101. The molecule has 1 aromatic rings. The highest BCUT2D eigenvalue weighted by Crippen LogP contribution is 2.48. The van der Waals surface area contributed by atoms with Crippen LogP contribution >= 0.6 is 55.8 Å². The van der Waals surface area contributed by atoms with Gasteiger partial charge in [-0.3, -0.25) is 9.79 Å². The predicted octanol–water partition coefficient (Wildman–Crippen LogP) is 3.62. The van der Waals surface area contributed by atoms with Crippen LogP contribution in [0.3, 0.4) is 0 Å². The van der Waals surface area contributed by atoms with Gasteiger partial charge in [0.1, 0.15) is 10.8 Å². The molecule has 1 aliphatic carbocycles. The van der Waals surface area contributed by atoms with Crippen LogP contribution in [0.1, 0.15) is 17.7 Å². The maximum absolute atomic E-state index is 14.0. The Labute approximate surface area is 123 Å². The van der Waals surface area contributed by atoms with Crippen LogP contribution in [0.25, 0.3) is 0 Å². The summed E-state index contributed by atoms with van der Waals surface area (Å²) in [5.41, 5.74) is -0.0957. The number of nitrogens with zero attached hydrogens (tertiary/aromatic N) is 1. The number of hydrogen-bond acceptors (Lipinski definition) is 4. The van der Waals surface area contributed by atoms with Gasteiger partial charge in [0.2, 0.25) is 0 Å². The van der Waals surface area contributed by atoms with Crippen LogP contribution in [0.5, 0.6) is 0 Å². The molecule has 7 heteroatoms. The zero-order valence-electron chi connectivity index (χ0n) is 8.34. The van der Waals surface area contributed by atoms with Crippen molar-refractivity contribution in [3.05, 3.63) is 19.0 Å². The van der Waals surface area contributed by atoms with Crippen LogP contribution < -0.4 is 0 Å². The van der Waals surface area contributed by atoms with E-state index in [0.717, 1.165) is 12.8 Å². The minimum atomic E-state index is -0.593. The molecular formula is C10H6Br2FNOS2. The van der Waals surface area contributed by atoms with Crippen LogP contribution in [-0.2, 0) is 4.79 Å². The second-order valence-corrected chi connectivity index (χ2v) is 7.78. The van der Waals surface area contributed by atoms with Crippen molar-refractivity contribution in [3.63, 3.8) is 0 Å². The van der Waals surface area contributed by atoms with Crippen molar-refractivity contribution in [1.29, 1.82) is 0 Å². The van der Waals surface area contributed by atoms with E-state index < -0.39 is 10.8 Å². The normalized spacial score (nSPS) is 25.5. The van der Waals surface area contributed by atoms with Crippen molar-refractivity contribution in [3.8, 4) is 0 Å². The van der Waals surface area contributed by atoms with Gasteiger partial charge in [0.05, 0.1) is 18.8 Å². The molecule has 1 unspecified atom stereocenters. The Bertz CT molecular complexity index is 565. The second kappa shape index (κ2) is 3.88. The molecule has 2 aliphatic rings. The Morgan fingerprint density at radius 1 is 1.47 bits per heavy atom. The molecule has 0 N–H and O–H groups in total. The maximum Gasteiger partial charge on any atom is 0.179 e. The lowest BCUT2D eigenvalue weighted by molar-refractivity contribution is -0.118. The average Bonchev–Trinajstić information content (AvgIpc) is 3.00. The predicted molar refractivity (Wildman–Crippen MR) is 76.0 cm³/mol. The van der Waals surface area contributed by atoms with Crippen molar-refractivity contribution in [1.82, 2.24) is 0 Å². The summed E-state index contributed by atoms with van der Waals surface area (Å²) in [6.07, 6.45) is 1.53. The van der Waals surface area contributed by atoms with Gasteiger partial charge in [-0.05, 0) is 44.7 Å². The van der Waals surface area contributed by atoms with Crippen molar-refractivity contribution in [2.24, 2.45) is 4.99 Å². The highest BCUT2D eigenvalue weighted by molar-refractivity contribution is 9.13. The van der Waals surface area contributed by atoms with Crippen LogP contribution in [0.15, 0.2) is 13.3 Å². The van der Waals surface area contributed by atoms with Crippen LogP contribution in [0.4, 0.5) is 4.39 Å². The van der Waals surface area contributed by atoms with Gasteiger partial charge in [0.25, 0.3) is 0 Å². The first-order valence-electron chi connectivity index (χ1n) is 4.92. The molecule has 1 saturated carbocycles. The molecule has 1 spiro atoms. The van der Waals surface area contributed by atoms with E-state index >= 15 is 0 Å². The zero-order valence-corrected chi connectivity index (χ0v) is 13.2. The fraction of sp³-hybridized carbons (Fsp3) is 0.400. The summed E-state index contributed by atoms with van der Waals surface area (Å²) >= 11 is 11.9. The SMILES string of the molecule is O=C1C(S)C(c2sc(Br)c(Br)c2F)=NC12CC2. The first kappa shape index (κ1) is 12.3. The summed E-state index contributed by atoms with van der Waals surface area (Å²) in [6.45, 7) is 0. The smallest absolute Gasteiger partial charge is 0.179 e. The topological polar surface area (TPSA) is 29.4 Å². The number of hydrogen-bond donors (Lipinski definition) is 1. The summed E-state index contributed by atoms with van der Waals surface area (Å²) in [5, 5.41) is -0.593. The van der Waals surface area contributed by atoms with Gasteiger partial charge < -0.3 is 0 Å². The minimum Gasteiger partial charge on any atom is -0.295 e. The second-order valence-electron chi connectivity index (χ2n) is 4.13. The molecule has 1 fully saturated rings. The molecule has 2 nitrogen and oxygen atoms in total. The number of carbonyl (C=O) groups is 1. The zero-order chi connectivity index (χ0) is 12.4. The largest absolute Gasteiger partial charge is 0.295 e. The van der Waals surface area contributed by atoms with Crippen molar-refractivity contribution >= 4 is 67.3 Å². The van der Waals surface area contributed by atoms with E-state index in [1.165, 1.54) is 11.3 Å². The van der Waals surface area contributed by atoms with Gasteiger partial charge in [0.15, 0.2) is 11.6 Å². The fourth-order valence-electron chi connectivity index (χ4n) is 1.91. The molecule has 0 bridgehead atoms. The molecule has 1 atom stereocenters. The first-order valence-corrected chi connectivity index (χ1v) is 7.84. The Morgan fingerprint density at radius 2 is 2.12 bits per heavy atom. The molecule has 2 heterocycles. The third-order valence-electron chi connectivity index (χ3n) is 3.01. The molecule has 1 aliphatic heterocycles. The van der Waals surface area contributed by atoms with Crippen molar-refractivity contribution in [2.75, 3.05) is 0 Å². The monoisotopic (exact) mass is 397 g/mol. The Morgan fingerprint density at radius 3 is 2.53 bits per heavy atom. The van der Waals surface area contributed by atoms with Crippen LogP contribution in [0, 0.1) is 5.82 Å². The van der Waals surface area contributed by atoms with Crippen LogP contribution in [-0.4, -0.2) is 22.3 Å². The maximum atomic E-state index is 14.0. The number of carbonyl (C=O) groups excluding carboxylic acids is 1. The lowest BCUT2D eigenvalue weighted by Gasteiger charge is -2.02. The lowest BCUT2D eigenvalue weighted by atomic mass is 10.1. The van der Waals surface area contributed by atoms with E-state index in [1.54, 1.807) is 0 Å². The molecule has 0 radical (unpaired) electrons. The molecule has 3 rings (SSSR count). The number of thiophene rings is 1. The average molecular weight is 399 g/mol. The van der Waals surface area contributed by atoms with Crippen molar-refractivity contribution < 1.29 is 9.18 Å². The van der Waals surface area contributed by atoms with E-state index in [-0.39, 0.29) is 11.6 Å². The highest BCUT2D eigenvalue weighted by atomic mass is 79.9. The Balaban J connectivity index is 2.11. The van der Waals surface area contributed by atoms with Crippen molar-refractivity contribution in [2.45, 2.75) is 23.6 Å². The fourth-order valence-corrected chi connectivity index (χ4v) is 4.47. The lowest BCUT2D eigenvalue weighted by Crippen LogP contribution is -2.25. The van der Waals surface area contributed by atoms with E-state index in [2.05, 4.69) is 49.5 Å². The quantitative estimate of drug-likeness (QED) is 0.719. The summed E-state index contributed by atoms with van der Waals surface area (Å²) in [4.78, 5) is 16.7. The number of thiol groups is 1. The summed E-state index contributed by atoms with van der Waals surface area (Å²) in [7, 11) is 0. The van der Waals surface area contributed by atoms with E-state index in [4.69, 9.17) is 0 Å². The van der Waals surface area contributed by atoms with Gasteiger partial charge in [-0.2, -0.15) is 12.6 Å². The third kappa shape index (κ3) is 1.69. The number of ketones is 1. The Hall–Kier alpha value is 0.280. The van der Waals surface area contributed by atoms with Gasteiger partial charge in [-0.15, -0.1) is 11.3 Å². The number of rotatable bonds is 1. The van der Waals surface area contributed by atoms with E-state index in [1.807, 2.05) is 0 Å². The molecular weight excluding hydrogens is 393 g/mol. The third-order valence-corrected chi connectivity index (χ3v) is 6.89. The number of aliphatic imine (C=N–C) groups is 1. The highest BCUT2D eigenvalue weighted by Gasteiger charge is 2.57. The molecule has 0 aromatic carbocycles. The van der Waals surface area contributed by atoms with E-state index in [0.29, 0.717) is 18.8 Å². The van der Waals surface area contributed by atoms with Gasteiger partial charge >= 0.3 is 0 Å². The molecule has 90 valence electrons. The summed E-state index contributed by atoms with van der Waals surface area (Å²) in [6, 6.07) is 0. The Kier molecular flexibility index (Phi) is 2.82. The standard InChI is InChI=1S/C10H6Br2FNOS2/c11-3-4(13)7(17-9(3)12)5-6(16)8(15)10(14-5)1-2-10/h6,16H,1-2H2. The molecule has 0 saturated heterocycles. The molecule has 17 heavy (non-hydrogen) atoms. The number of halogens is 3. The first-order chi connectivity index (χ1) is 7.96. The van der Waals surface area contributed by atoms with Crippen LogP contribution in [0.2, 0.25) is 0 Å². The molecule has 1 aromatic heterocycles. The molecule has 0 amide bonds.